The monoisotopic (exact) mass is 379 g/mol. The van der Waals surface area contributed by atoms with Crippen molar-refractivity contribution in [2.45, 2.75) is 25.3 Å². The number of amides is 1. The minimum atomic E-state index is -0.0620. The van der Waals surface area contributed by atoms with Crippen molar-refractivity contribution in [3.8, 4) is 0 Å². The van der Waals surface area contributed by atoms with Crippen LogP contribution in [-0.2, 0) is 16.0 Å². The van der Waals surface area contributed by atoms with Gasteiger partial charge in [0.05, 0.1) is 19.4 Å². The Labute approximate surface area is 164 Å². The number of rotatable bonds is 3. The molecule has 1 atom stereocenters. The molecule has 0 aliphatic carbocycles. The van der Waals surface area contributed by atoms with Crippen LogP contribution in [0, 0.1) is 0 Å². The summed E-state index contributed by atoms with van der Waals surface area (Å²) in [5, 5.41) is 0. The lowest BCUT2D eigenvalue weighted by Crippen LogP contribution is -2.49. The third kappa shape index (κ3) is 2.99. The summed E-state index contributed by atoms with van der Waals surface area (Å²) in [6.07, 6.45) is 4.43. The van der Waals surface area contributed by atoms with Crippen molar-refractivity contribution in [3.05, 3.63) is 41.9 Å². The first-order valence-corrected chi connectivity index (χ1v) is 10.0. The average molecular weight is 379 g/mol. The number of carbonyl (C=O) groups excluding carboxylic acids is 1. The van der Waals surface area contributed by atoms with Gasteiger partial charge in [0, 0.05) is 38.8 Å². The van der Waals surface area contributed by atoms with Crippen molar-refractivity contribution in [3.63, 3.8) is 0 Å². The standard InChI is InChI=1S/C21H25N5O2/c1-24-18-14-22-19(23-20(18)26-8-2-3-17(26)21(24)27)13-15-4-6-16(7-5-15)25-9-11-28-12-10-25/h4-7,14,17H,2-3,8-13H2,1H3/t17-/m1/s1. The van der Waals surface area contributed by atoms with Gasteiger partial charge in [-0.05, 0) is 30.5 Å². The largest absolute Gasteiger partial charge is 0.378 e. The molecule has 1 aromatic carbocycles. The molecule has 2 saturated heterocycles. The maximum Gasteiger partial charge on any atom is 0.249 e. The number of aromatic nitrogens is 2. The molecular weight excluding hydrogens is 354 g/mol. The summed E-state index contributed by atoms with van der Waals surface area (Å²) in [4.78, 5) is 28.1. The van der Waals surface area contributed by atoms with Crippen LogP contribution in [0.1, 0.15) is 24.2 Å². The Morgan fingerprint density at radius 3 is 2.71 bits per heavy atom. The molecule has 0 unspecified atom stereocenters. The van der Waals surface area contributed by atoms with Crippen LogP contribution in [0.2, 0.25) is 0 Å². The van der Waals surface area contributed by atoms with Gasteiger partial charge in [0.25, 0.3) is 0 Å². The SMILES string of the molecule is CN1C(=O)[C@H]2CCCN2c2nc(Cc3ccc(N4CCOCC4)cc3)ncc21. The second kappa shape index (κ2) is 7.05. The highest BCUT2D eigenvalue weighted by Crippen LogP contribution is 2.37. The number of carbonyl (C=O) groups is 1. The van der Waals surface area contributed by atoms with E-state index in [0.29, 0.717) is 6.42 Å². The predicted molar refractivity (Wildman–Crippen MR) is 108 cm³/mol. The normalized spacial score (nSPS) is 21.7. The number of nitrogens with zero attached hydrogens (tertiary/aromatic N) is 5. The van der Waals surface area contributed by atoms with Crippen LogP contribution >= 0.6 is 0 Å². The molecule has 3 aliphatic rings. The minimum Gasteiger partial charge on any atom is -0.378 e. The molecule has 0 bridgehead atoms. The zero-order valence-electron chi connectivity index (χ0n) is 16.2. The molecule has 1 amide bonds. The van der Waals surface area contributed by atoms with Crippen molar-refractivity contribution in [1.82, 2.24) is 9.97 Å². The Morgan fingerprint density at radius 2 is 1.93 bits per heavy atom. The summed E-state index contributed by atoms with van der Waals surface area (Å²) >= 11 is 0. The lowest BCUT2D eigenvalue weighted by molar-refractivity contribution is -0.119. The molecule has 2 fully saturated rings. The van der Waals surface area contributed by atoms with E-state index in [2.05, 4.69) is 39.0 Å². The molecule has 0 spiro atoms. The molecule has 5 rings (SSSR count). The number of likely N-dealkylation sites (N-methyl/N-ethyl adjacent to an activating group) is 1. The van der Waals surface area contributed by atoms with E-state index >= 15 is 0 Å². The van der Waals surface area contributed by atoms with Gasteiger partial charge in [0.2, 0.25) is 5.91 Å². The molecule has 2 aromatic rings. The maximum atomic E-state index is 12.5. The number of fused-ring (bicyclic) bond motifs is 3. The Hall–Kier alpha value is -2.67. The highest BCUT2D eigenvalue weighted by Gasteiger charge is 2.40. The number of ether oxygens (including phenoxy) is 1. The van der Waals surface area contributed by atoms with E-state index in [0.717, 1.165) is 63.0 Å². The summed E-state index contributed by atoms with van der Waals surface area (Å²) in [6, 6.07) is 8.58. The average Bonchev–Trinajstić information content (AvgIpc) is 3.24. The molecule has 1 aromatic heterocycles. The van der Waals surface area contributed by atoms with E-state index in [1.165, 1.54) is 11.3 Å². The second-order valence-corrected chi connectivity index (χ2v) is 7.69. The van der Waals surface area contributed by atoms with Gasteiger partial charge in [0.1, 0.15) is 17.6 Å². The number of hydrogen-bond donors (Lipinski definition) is 0. The van der Waals surface area contributed by atoms with Crippen LogP contribution in [0.25, 0.3) is 0 Å². The summed E-state index contributed by atoms with van der Waals surface area (Å²) in [7, 11) is 1.82. The number of benzene rings is 1. The molecule has 7 heteroatoms. The second-order valence-electron chi connectivity index (χ2n) is 7.69. The fourth-order valence-corrected chi connectivity index (χ4v) is 4.38. The van der Waals surface area contributed by atoms with E-state index in [1.54, 1.807) is 11.1 Å². The minimum absolute atomic E-state index is 0.0620. The van der Waals surface area contributed by atoms with Gasteiger partial charge in [-0.2, -0.15) is 0 Å². The summed E-state index contributed by atoms with van der Waals surface area (Å²) < 4.78 is 5.43. The number of morpholine rings is 1. The fraction of sp³-hybridized carbons (Fsp3) is 0.476. The van der Waals surface area contributed by atoms with E-state index < -0.39 is 0 Å². The fourth-order valence-electron chi connectivity index (χ4n) is 4.38. The van der Waals surface area contributed by atoms with Gasteiger partial charge in [-0.15, -0.1) is 0 Å². The zero-order valence-corrected chi connectivity index (χ0v) is 16.2. The highest BCUT2D eigenvalue weighted by atomic mass is 16.5. The van der Waals surface area contributed by atoms with Crippen LogP contribution < -0.4 is 14.7 Å². The van der Waals surface area contributed by atoms with Crippen LogP contribution in [-0.4, -0.2) is 61.8 Å². The quantitative estimate of drug-likeness (QED) is 0.811. The van der Waals surface area contributed by atoms with Crippen LogP contribution in [0.15, 0.2) is 30.5 Å². The van der Waals surface area contributed by atoms with Crippen LogP contribution in [0.3, 0.4) is 0 Å². The van der Waals surface area contributed by atoms with Gasteiger partial charge in [-0.3, -0.25) is 4.79 Å². The Bertz CT molecular complexity index is 879. The number of hydrogen-bond acceptors (Lipinski definition) is 6. The van der Waals surface area contributed by atoms with E-state index in [-0.39, 0.29) is 11.9 Å². The first-order valence-electron chi connectivity index (χ1n) is 10.0. The molecule has 3 aliphatic heterocycles. The van der Waals surface area contributed by atoms with Crippen molar-refractivity contribution in [1.29, 1.82) is 0 Å². The Balaban J connectivity index is 1.36. The molecular formula is C21H25N5O2. The Kier molecular flexibility index (Phi) is 4.39. The van der Waals surface area contributed by atoms with Crippen LogP contribution in [0.5, 0.6) is 0 Å². The molecule has 7 nitrogen and oxygen atoms in total. The molecule has 146 valence electrons. The molecule has 0 radical (unpaired) electrons. The van der Waals surface area contributed by atoms with Gasteiger partial charge in [-0.25, -0.2) is 9.97 Å². The maximum absolute atomic E-state index is 12.5. The lowest BCUT2D eigenvalue weighted by Gasteiger charge is -2.36. The third-order valence-corrected chi connectivity index (χ3v) is 5.98. The van der Waals surface area contributed by atoms with Gasteiger partial charge in [0.15, 0.2) is 5.82 Å². The van der Waals surface area contributed by atoms with E-state index in [4.69, 9.17) is 9.72 Å². The predicted octanol–water partition coefficient (Wildman–Crippen LogP) is 1.85. The van der Waals surface area contributed by atoms with E-state index in [9.17, 15) is 4.79 Å². The Morgan fingerprint density at radius 1 is 1.14 bits per heavy atom. The lowest BCUT2D eigenvalue weighted by atomic mass is 10.1. The molecule has 0 N–H and O–H groups in total. The van der Waals surface area contributed by atoms with Gasteiger partial charge < -0.3 is 19.4 Å². The summed E-state index contributed by atoms with van der Waals surface area (Å²) in [5.41, 5.74) is 3.24. The van der Waals surface area contributed by atoms with Crippen LogP contribution in [0.4, 0.5) is 17.2 Å². The van der Waals surface area contributed by atoms with E-state index in [1.807, 2.05) is 7.05 Å². The molecule has 28 heavy (non-hydrogen) atoms. The number of anilines is 3. The zero-order chi connectivity index (χ0) is 19.1. The van der Waals surface area contributed by atoms with Gasteiger partial charge in [-0.1, -0.05) is 12.1 Å². The first kappa shape index (κ1) is 17.4. The topological polar surface area (TPSA) is 61.8 Å². The van der Waals surface area contributed by atoms with Crippen molar-refractivity contribution < 1.29 is 9.53 Å². The van der Waals surface area contributed by atoms with Crippen molar-refractivity contribution >= 4 is 23.1 Å². The summed E-state index contributed by atoms with van der Waals surface area (Å²) in [5.74, 6) is 1.85. The highest BCUT2D eigenvalue weighted by molar-refractivity contribution is 6.04. The summed E-state index contributed by atoms with van der Waals surface area (Å²) in [6.45, 7) is 4.35. The first-order chi connectivity index (χ1) is 13.7. The van der Waals surface area contributed by atoms with Crippen molar-refractivity contribution in [2.24, 2.45) is 0 Å². The smallest absolute Gasteiger partial charge is 0.249 e. The third-order valence-electron chi connectivity index (χ3n) is 5.98. The molecule has 0 saturated carbocycles. The molecule has 4 heterocycles. The van der Waals surface area contributed by atoms with Gasteiger partial charge >= 0.3 is 0 Å². The van der Waals surface area contributed by atoms with Crippen molar-refractivity contribution in [2.75, 3.05) is 54.6 Å².